The van der Waals surface area contributed by atoms with Crippen molar-refractivity contribution in [2.45, 2.75) is 30.5 Å². The van der Waals surface area contributed by atoms with Crippen molar-refractivity contribution in [1.29, 1.82) is 0 Å². The van der Waals surface area contributed by atoms with Gasteiger partial charge >= 0.3 is 6.18 Å². The summed E-state index contributed by atoms with van der Waals surface area (Å²) in [7, 11) is -2.38. The van der Waals surface area contributed by atoms with Gasteiger partial charge in [0, 0.05) is 31.8 Å². The number of amides is 1. The quantitative estimate of drug-likeness (QED) is 0.338. The van der Waals surface area contributed by atoms with Gasteiger partial charge in [0.2, 0.25) is 5.91 Å². The van der Waals surface area contributed by atoms with E-state index in [4.69, 9.17) is 21.1 Å². The van der Waals surface area contributed by atoms with Crippen molar-refractivity contribution in [3.05, 3.63) is 71.2 Å². The Bertz CT molecular complexity index is 1470. The van der Waals surface area contributed by atoms with E-state index in [2.05, 4.69) is 10.0 Å². The number of carbonyl (C=O) groups is 1. The first-order valence-electron chi connectivity index (χ1n) is 11.7. The molecule has 0 radical (unpaired) electrons. The molecule has 8 nitrogen and oxygen atoms in total. The highest BCUT2D eigenvalue weighted by Crippen LogP contribution is 2.39. The van der Waals surface area contributed by atoms with Crippen LogP contribution in [0, 0.1) is 0 Å². The van der Waals surface area contributed by atoms with Gasteiger partial charge in [-0.25, -0.2) is 8.42 Å². The van der Waals surface area contributed by atoms with Gasteiger partial charge in [-0.2, -0.15) is 13.2 Å². The Morgan fingerprint density at radius 3 is 2.31 bits per heavy atom. The fraction of sp³-hybridized carbons (Fsp3) is 0.269. The molecule has 3 aromatic carbocycles. The van der Waals surface area contributed by atoms with Gasteiger partial charge < -0.3 is 19.7 Å². The third-order valence-corrected chi connectivity index (χ3v) is 7.47. The molecule has 1 fully saturated rings. The van der Waals surface area contributed by atoms with Gasteiger partial charge in [-0.1, -0.05) is 11.6 Å². The van der Waals surface area contributed by atoms with Crippen LogP contribution >= 0.6 is 11.6 Å². The number of likely N-dealkylation sites (tertiary alicyclic amines) is 1. The summed E-state index contributed by atoms with van der Waals surface area (Å²) >= 11 is 6.27. The topological polar surface area (TPSA) is 97.0 Å². The van der Waals surface area contributed by atoms with Crippen molar-refractivity contribution >= 4 is 38.9 Å². The Balaban J connectivity index is 1.51. The molecule has 39 heavy (non-hydrogen) atoms. The van der Waals surface area contributed by atoms with E-state index in [0.29, 0.717) is 30.9 Å². The number of alkyl halides is 3. The molecular weight excluding hydrogens is 559 g/mol. The van der Waals surface area contributed by atoms with Crippen LogP contribution in [0.4, 0.5) is 24.5 Å². The zero-order valence-electron chi connectivity index (χ0n) is 20.9. The molecule has 1 atom stereocenters. The van der Waals surface area contributed by atoms with Gasteiger partial charge in [0.05, 0.1) is 21.2 Å². The molecule has 0 saturated carbocycles. The van der Waals surface area contributed by atoms with Crippen LogP contribution in [0.3, 0.4) is 0 Å². The highest BCUT2D eigenvalue weighted by Gasteiger charge is 2.36. The minimum Gasteiger partial charge on any atom is -0.488 e. The van der Waals surface area contributed by atoms with Crippen LogP contribution in [0.15, 0.2) is 65.6 Å². The predicted molar refractivity (Wildman–Crippen MR) is 141 cm³/mol. The lowest BCUT2D eigenvalue weighted by molar-refractivity contribution is -0.139. The van der Waals surface area contributed by atoms with Gasteiger partial charge in [0.15, 0.2) is 0 Å². The monoisotopic (exact) mass is 583 g/mol. The van der Waals surface area contributed by atoms with Crippen LogP contribution in [-0.2, 0) is 21.0 Å². The highest BCUT2D eigenvalue weighted by atomic mass is 35.5. The fourth-order valence-electron chi connectivity index (χ4n) is 3.97. The third-order valence-electron chi connectivity index (χ3n) is 5.80. The molecule has 0 aromatic heterocycles. The van der Waals surface area contributed by atoms with E-state index in [-0.39, 0.29) is 27.3 Å². The van der Waals surface area contributed by atoms with Crippen LogP contribution in [0.5, 0.6) is 17.2 Å². The molecule has 1 unspecified atom stereocenters. The Morgan fingerprint density at radius 2 is 1.72 bits per heavy atom. The first-order chi connectivity index (χ1) is 18.3. The van der Waals surface area contributed by atoms with Crippen LogP contribution < -0.4 is 19.5 Å². The van der Waals surface area contributed by atoms with Gasteiger partial charge in [0.1, 0.15) is 23.4 Å². The van der Waals surface area contributed by atoms with E-state index in [1.165, 1.54) is 25.1 Å². The SMILES string of the molecule is CC(=O)Nc1ccc(Oc2ccc(S(=O)(=O)Nc3ccc(C(F)(F)F)c(OC4CCN(C)C4)c3)cc2Cl)cc1. The Hall–Kier alpha value is -3.48. The molecule has 0 spiro atoms. The summed E-state index contributed by atoms with van der Waals surface area (Å²) in [6.45, 7) is 2.52. The van der Waals surface area contributed by atoms with Gasteiger partial charge in [-0.05, 0) is 68.1 Å². The zero-order chi connectivity index (χ0) is 28.4. The van der Waals surface area contributed by atoms with Crippen LogP contribution in [0.2, 0.25) is 5.02 Å². The number of ether oxygens (including phenoxy) is 2. The first-order valence-corrected chi connectivity index (χ1v) is 13.6. The number of hydrogen-bond acceptors (Lipinski definition) is 6. The minimum atomic E-state index is -4.68. The van der Waals surface area contributed by atoms with Gasteiger partial charge in [-0.15, -0.1) is 0 Å². The smallest absolute Gasteiger partial charge is 0.419 e. The lowest BCUT2D eigenvalue weighted by Crippen LogP contribution is -2.23. The molecule has 208 valence electrons. The van der Waals surface area contributed by atoms with Crippen molar-refractivity contribution in [3.8, 4) is 17.2 Å². The Morgan fingerprint density at radius 1 is 1.03 bits per heavy atom. The number of carbonyl (C=O) groups excluding carboxylic acids is 1. The number of nitrogens with zero attached hydrogens (tertiary/aromatic N) is 1. The molecule has 1 aliphatic heterocycles. The number of rotatable bonds is 8. The van der Waals surface area contributed by atoms with Crippen molar-refractivity contribution < 1.29 is 35.9 Å². The lowest BCUT2D eigenvalue weighted by Gasteiger charge is -2.19. The van der Waals surface area contributed by atoms with E-state index in [9.17, 15) is 26.4 Å². The second kappa shape index (κ2) is 11.3. The fourth-order valence-corrected chi connectivity index (χ4v) is 5.33. The number of likely N-dealkylation sites (N-methyl/N-ethyl adjacent to an activating group) is 1. The van der Waals surface area contributed by atoms with Crippen molar-refractivity contribution in [2.24, 2.45) is 0 Å². The van der Waals surface area contributed by atoms with E-state index >= 15 is 0 Å². The highest BCUT2D eigenvalue weighted by molar-refractivity contribution is 7.92. The minimum absolute atomic E-state index is 0.00870. The Kier molecular flexibility index (Phi) is 8.28. The third kappa shape index (κ3) is 7.34. The average molecular weight is 584 g/mol. The van der Waals surface area contributed by atoms with E-state index < -0.39 is 33.6 Å². The maximum Gasteiger partial charge on any atom is 0.419 e. The summed E-state index contributed by atoms with van der Waals surface area (Å²) in [5, 5.41) is 2.62. The van der Waals surface area contributed by atoms with Crippen LogP contribution in [-0.4, -0.2) is 45.5 Å². The molecular formula is C26H25ClF3N3O5S. The number of hydrogen-bond donors (Lipinski definition) is 2. The Labute approximate surface area is 228 Å². The number of sulfonamides is 1. The summed E-state index contributed by atoms with van der Waals surface area (Å²) < 4.78 is 80.4. The molecule has 0 bridgehead atoms. The summed E-state index contributed by atoms with van der Waals surface area (Å²) in [5.74, 6) is -0.103. The predicted octanol–water partition coefficient (Wildman–Crippen LogP) is 5.99. The van der Waals surface area contributed by atoms with E-state index in [1.807, 2.05) is 11.9 Å². The standard InChI is InChI=1S/C26H25ClF3N3O5S/c1-16(34)31-17-3-6-19(7-4-17)37-24-10-8-21(14-23(24)27)39(35,36)32-18-5-9-22(26(28,29)30)25(13-18)38-20-11-12-33(2)15-20/h3-10,13-14,20,32H,11-12,15H2,1-2H3,(H,31,34). The molecule has 13 heteroatoms. The van der Waals surface area contributed by atoms with Crippen LogP contribution in [0.1, 0.15) is 18.9 Å². The second-order valence-corrected chi connectivity index (χ2v) is 11.1. The van der Waals surface area contributed by atoms with Crippen molar-refractivity contribution in [1.82, 2.24) is 4.90 Å². The molecule has 1 amide bonds. The lowest BCUT2D eigenvalue weighted by atomic mass is 10.1. The normalized spacial score (nSPS) is 16.1. The van der Waals surface area contributed by atoms with E-state index in [1.54, 1.807) is 24.3 Å². The average Bonchev–Trinajstić information content (AvgIpc) is 3.24. The van der Waals surface area contributed by atoms with Gasteiger partial charge in [0.25, 0.3) is 10.0 Å². The summed E-state index contributed by atoms with van der Waals surface area (Å²) in [4.78, 5) is 12.9. The largest absolute Gasteiger partial charge is 0.488 e. The van der Waals surface area contributed by atoms with E-state index in [0.717, 1.165) is 18.2 Å². The molecule has 1 saturated heterocycles. The maximum atomic E-state index is 13.6. The molecule has 1 aliphatic rings. The molecule has 3 aromatic rings. The maximum absolute atomic E-state index is 13.6. The number of halogens is 4. The van der Waals surface area contributed by atoms with Crippen molar-refractivity contribution in [2.75, 3.05) is 30.2 Å². The first kappa shape index (κ1) is 28.5. The second-order valence-electron chi connectivity index (χ2n) is 9.00. The molecule has 0 aliphatic carbocycles. The molecule has 2 N–H and O–H groups in total. The summed E-state index contributed by atoms with van der Waals surface area (Å²) in [6.07, 6.45) is -4.57. The zero-order valence-corrected chi connectivity index (χ0v) is 22.5. The summed E-state index contributed by atoms with van der Waals surface area (Å²) in [6, 6.07) is 13.1. The van der Waals surface area contributed by atoms with Gasteiger partial charge in [-0.3, -0.25) is 9.52 Å². The van der Waals surface area contributed by atoms with Crippen LogP contribution in [0.25, 0.3) is 0 Å². The molecule has 4 rings (SSSR count). The number of anilines is 2. The van der Waals surface area contributed by atoms with Crippen molar-refractivity contribution in [3.63, 3.8) is 0 Å². The summed E-state index contributed by atoms with van der Waals surface area (Å²) in [5.41, 5.74) is -0.518. The molecule has 1 heterocycles. The number of nitrogens with one attached hydrogen (secondary N) is 2. The number of benzene rings is 3.